The van der Waals surface area contributed by atoms with Gasteiger partial charge in [-0.05, 0) is 74.0 Å². The van der Waals surface area contributed by atoms with Crippen molar-refractivity contribution in [3.63, 3.8) is 0 Å². The largest absolute Gasteiger partial charge is 0.342 e. The quantitative estimate of drug-likeness (QED) is 0.720. The summed E-state index contributed by atoms with van der Waals surface area (Å²) >= 11 is 0. The Balaban J connectivity index is 1.33. The second kappa shape index (κ2) is 4.73. The second-order valence-corrected chi connectivity index (χ2v) is 8.72. The van der Waals surface area contributed by atoms with Crippen LogP contribution in [0.1, 0.15) is 57.8 Å². The van der Waals surface area contributed by atoms with Crippen LogP contribution >= 0.6 is 0 Å². The molecule has 5 saturated carbocycles. The molecule has 5 aliphatic carbocycles. The fraction of sp³-hybridized carbons (Fsp3) is 0.947. The van der Waals surface area contributed by atoms with Gasteiger partial charge in [0.15, 0.2) is 0 Å². The molecule has 0 aromatic heterocycles. The summed E-state index contributed by atoms with van der Waals surface area (Å²) in [7, 11) is 0. The highest BCUT2D eigenvalue weighted by molar-refractivity contribution is 5.79. The Bertz CT molecular complexity index is 415. The van der Waals surface area contributed by atoms with Crippen LogP contribution < -0.4 is 0 Å². The molecule has 1 unspecified atom stereocenters. The Hall–Kier alpha value is -0.530. The van der Waals surface area contributed by atoms with Gasteiger partial charge in [0.25, 0.3) is 0 Å². The summed E-state index contributed by atoms with van der Waals surface area (Å²) < 4.78 is 0. The van der Waals surface area contributed by atoms with E-state index in [0.717, 1.165) is 48.6 Å². The zero-order chi connectivity index (χ0) is 14.0. The molecule has 116 valence electrons. The third-order valence-electron chi connectivity index (χ3n) is 8.09. The maximum atomic E-state index is 12.9. The van der Waals surface area contributed by atoms with E-state index in [4.69, 9.17) is 0 Å². The van der Waals surface area contributed by atoms with E-state index in [1.165, 1.54) is 57.8 Å². The Labute approximate surface area is 128 Å². The molecule has 2 nitrogen and oxygen atoms in total. The van der Waals surface area contributed by atoms with Crippen LogP contribution in [0.25, 0.3) is 0 Å². The van der Waals surface area contributed by atoms with Crippen LogP contribution in [-0.4, -0.2) is 23.9 Å². The normalized spacial score (nSPS) is 48.7. The van der Waals surface area contributed by atoms with Gasteiger partial charge >= 0.3 is 0 Å². The summed E-state index contributed by atoms with van der Waals surface area (Å²) in [5.41, 5.74) is 0. The zero-order valence-corrected chi connectivity index (χ0v) is 13.2. The average molecular weight is 287 g/mol. The summed E-state index contributed by atoms with van der Waals surface area (Å²) in [6.07, 6.45) is 12.2. The van der Waals surface area contributed by atoms with Crippen molar-refractivity contribution in [1.82, 2.24) is 4.90 Å². The highest BCUT2D eigenvalue weighted by Crippen LogP contribution is 2.63. The van der Waals surface area contributed by atoms with E-state index in [9.17, 15) is 4.79 Å². The van der Waals surface area contributed by atoms with E-state index in [2.05, 4.69) is 4.90 Å². The monoisotopic (exact) mass is 287 g/mol. The maximum Gasteiger partial charge on any atom is 0.225 e. The van der Waals surface area contributed by atoms with Crippen LogP contribution in [-0.2, 0) is 4.79 Å². The molecule has 1 aliphatic heterocycles. The summed E-state index contributed by atoms with van der Waals surface area (Å²) in [4.78, 5) is 15.2. The SMILES string of the molecule is O=C(C1CCCCC1)N1CC2[C@@H](C1)[C@H]1CC[C@@H]2[C@@H]2CC[C@@H]21. The molecule has 6 aliphatic rings. The van der Waals surface area contributed by atoms with Gasteiger partial charge in [-0.2, -0.15) is 0 Å². The molecule has 6 atom stereocenters. The molecule has 1 heterocycles. The van der Waals surface area contributed by atoms with Crippen molar-refractivity contribution in [2.24, 2.45) is 41.4 Å². The summed E-state index contributed by atoms with van der Waals surface area (Å²) in [5.74, 6) is 6.80. The highest BCUT2D eigenvalue weighted by atomic mass is 16.2. The molecule has 0 aromatic carbocycles. The van der Waals surface area contributed by atoms with E-state index < -0.39 is 0 Å². The van der Waals surface area contributed by atoms with Crippen LogP contribution in [0.3, 0.4) is 0 Å². The van der Waals surface area contributed by atoms with Gasteiger partial charge in [0.1, 0.15) is 0 Å². The first-order valence-electron chi connectivity index (χ1n) is 9.61. The number of rotatable bonds is 1. The lowest BCUT2D eigenvalue weighted by atomic mass is 9.45. The predicted molar refractivity (Wildman–Crippen MR) is 82.6 cm³/mol. The molecule has 6 fully saturated rings. The lowest BCUT2D eigenvalue weighted by Crippen LogP contribution is -2.54. The minimum Gasteiger partial charge on any atom is -0.342 e. The molecule has 1 amide bonds. The van der Waals surface area contributed by atoms with Crippen LogP contribution in [0.15, 0.2) is 0 Å². The van der Waals surface area contributed by atoms with Crippen molar-refractivity contribution in [2.45, 2.75) is 57.8 Å². The van der Waals surface area contributed by atoms with Gasteiger partial charge in [-0.1, -0.05) is 19.3 Å². The molecule has 0 radical (unpaired) electrons. The number of carbonyl (C=O) groups excluding carboxylic acids is 1. The average Bonchev–Trinajstić information content (AvgIpc) is 2.94. The molecule has 1 saturated heterocycles. The van der Waals surface area contributed by atoms with Gasteiger partial charge < -0.3 is 4.90 Å². The van der Waals surface area contributed by atoms with Crippen molar-refractivity contribution in [3.8, 4) is 0 Å². The van der Waals surface area contributed by atoms with Gasteiger partial charge in [-0.3, -0.25) is 4.79 Å². The van der Waals surface area contributed by atoms with Crippen molar-refractivity contribution < 1.29 is 4.79 Å². The number of amides is 1. The minimum atomic E-state index is 0.383. The molecule has 0 aromatic rings. The maximum absolute atomic E-state index is 12.9. The Morgan fingerprint density at radius 2 is 1.10 bits per heavy atom. The van der Waals surface area contributed by atoms with E-state index in [1.807, 2.05) is 0 Å². The summed E-state index contributed by atoms with van der Waals surface area (Å²) in [5, 5.41) is 0. The number of hydrogen-bond acceptors (Lipinski definition) is 1. The molecule has 21 heavy (non-hydrogen) atoms. The summed E-state index contributed by atoms with van der Waals surface area (Å²) in [6, 6.07) is 0. The van der Waals surface area contributed by atoms with E-state index in [1.54, 1.807) is 0 Å². The predicted octanol–water partition coefficient (Wildman–Crippen LogP) is 3.71. The van der Waals surface area contributed by atoms with Crippen LogP contribution in [0.2, 0.25) is 0 Å². The van der Waals surface area contributed by atoms with Gasteiger partial charge in [0.05, 0.1) is 0 Å². The summed E-state index contributed by atoms with van der Waals surface area (Å²) in [6.45, 7) is 2.26. The third-order valence-corrected chi connectivity index (χ3v) is 8.09. The van der Waals surface area contributed by atoms with E-state index in [-0.39, 0.29) is 0 Å². The van der Waals surface area contributed by atoms with Gasteiger partial charge in [-0.15, -0.1) is 0 Å². The number of carbonyl (C=O) groups is 1. The Morgan fingerprint density at radius 1 is 0.619 bits per heavy atom. The first-order valence-corrected chi connectivity index (χ1v) is 9.61. The fourth-order valence-corrected chi connectivity index (χ4v) is 7.04. The van der Waals surface area contributed by atoms with Crippen molar-refractivity contribution >= 4 is 5.91 Å². The fourth-order valence-electron chi connectivity index (χ4n) is 7.04. The number of nitrogens with zero attached hydrogens (tertiary/aromatic N) is 1. The van der Waals surface area contributed by atoms with Crippen molar-refractivity contribution in [1.29, 1.82) is 0 Å². The van der Waals surface area contributed by atoms with Gasteiger partial charge in [0.2, 0.25) is 5.91 Å². The molecule has 2 bridgehead atoms. The van der Waals surface area contributed by atoms with E-state index >= 15 is 0 Å². The molecule has 0 spiro atoms. The molecule has 6 rings (SSSR count). The van der Waals surface area contributed by atoms with Crippen LogP contribution in [0.5, 0.6) is 0 Å². The third kappa shape index (κ3) is 1.80. The lowest BCUT2D eigenvalue weighted by molar-refractivity contribution is -0.135. The highest BCUT2D eigenvalue weighted by Gasteiger charge is 2.59. The van der Waals surface area contributed by atoms with Crippen molar-refractivity contribution in [3.05, 3.63) is 0 Å². The molecule has 0 N–H and O–H groups in total. The number of fused-ring (bicyclic) bond motifs is 1. The standard InChI is InChI=1S/C19H29NO/c21-19(12-4-2-1-3-5-12)20-10-17-15-8-9-16(18(17)11-20)14-7-6-13(14)15/h12-18H,1-11H2/t13-,14+,15-,16+,17-,18?/m0/s1. The number of hydrogen-bond donors (Lipinski definition) is 0. The topological polar surface area (TPSA) is 20.3 Å². The lowest BCUT2D eigenvalue weighted by Gasteiger charge is -2.60. The van der Waals surface area contributed by atoms with Gasteiger partial charge in [-0.25, -0.2) is 0 Å². The Morgan fingerprint density at radius 3 is 1.62 bits per heavy atom. The van der Waals surface area contributed by atoms with Crippen LogP contribution in [0, 0.1) is 41.4 Å². The molecular formula is C19H29NO. The van der Waals surface area contributed by atoms with Gasteiger partial charge in [0, 0.05) is 19.0 Å². The smallest absolute Gasteiger partial charge is 0.225 e. The molecule has 2 heteroatoms. The zero-order valence-electron chi connectivity index (χ0n) is 13.2. The Kier molecular flexibility index (Phi) is 2.92. The van der Waals surface area contributed by atoms with Crippen LogP contribution in [0.4, 0.5) is 0 Å². The number of likely N-dealkylation sites (tertiary alicyclic amines) is 1. The van der Waals surface area contributed by atoms with Crippen molar-refractivity contribution in [2.75, 3.05) is 13.1 Å². The second-order valence-electron chi connectivity index (χ2n) is 8.72. The first kappa shape index (κ1) is 13.0. The first-order chi connectivity index (χ1) is 10.3. The molecular weight excluding hydrogens is 258 g/mol. The van der Waals surface area contributed by atoms with E-state index in [0.29, 0.717) is 11.8 Å². The minimum absolute atomic E-state index is 0.383.